The van der Waals surface area contributed by atoms with Crippen molar-refractivity contribution in [3.63, 3.8) is 0 Å². The lowest BCUT2D eigenvalue weighted by molar-refractivity contribution is 0.0706. The summed E-state index contributed by atoms with van der Waals surface area (Å²) in [6, 6.07) is 9.52. The zero-order valence-electron chi connectivity index (χ0n) is 11.2. The molecule has 0 saturated heterocycles. The van der Waals surface area contributed by atoms with E-state index in [9.17, 15) is 9.18 Å². The highest BCUT2D eigenvalue weighted by molar-refractivity contribution is 6.31. The number of halogens is 2. The molecule has 0 aliphatic heterocycles. The molecule has 3 aromatic rings. The van der Waals surface area contributed by atoms with E-state index in [1.807, 2.05) is 6.07 Å². The van der Waals surface area contributed by atoms with Crippen LogP contribution in [0, 0.1) is 5.82 Å². The number of hydrogen-bond acceptors (Lipinski definition) is 3. The SMILES string of the molecule is O=C(NO)c1cccc(Cc2nc3cc(Cl)c(F)cc3[nH]2)c1. The Morgan fingerprint density at radius 3 is 2.95 bits per heavy atom. The molecule has 0 atom stereocenters. The highest BCUT2D eigenvalue weighted by Gasteiger charge is 2.09. The van der Waals surface area contributed by atoms with Crippen LogP contribution in [0.2, 0.25) is 5.02 Å². The summed E-state index contributed by atoms with van der Waals surface area (Å²) in [6.45, 7) is 0. The maximum Gasteiger partial charge on any atom is 0.274 e. The highest BCUT2D eigenvalue weighted by Crippen LogP contribution is 2.22. The Balaban J connectivity index is 1.91. The van der Waals surface area contributed by atoms with Gasteiger partial charge in [-0.25, -0.2) is 14.9 Å². The number of H-pyrrole nitrogens is 1. The van der Waals surface area contributed by atoms with Crippen LogP contribution in [0.15, 0.2) is 36.4 Å². The third kappa shape index (κ3) is 2.79. The van der Waals surface area contributed by atoms with E-state index in [4.69, 9.17) is 16.8 Å². The van der Waals surface area contributed by atoms with Crippen molar-refractivity contribution in [1.29, 1.82) is 0 Å². The molecule has 2 aromatic carbocycles. The Kier molecular flexibility index (Phi) is 3.79. The molecule has 0 spiro atoms. The molecule has 1 amide bonds. The Morgan fingerprint density at radius 2 is 2.18 bits per heavy atom. The van der Waals surface area contributed by atoms with Crippen LogP contribution in [0.25, 0.3) is 11.0 Å². The fourth-order valence-electron chi connectivity index (χ4n) is 2.22. The molecule has 3 rings (SSSR count). The predicted molar refractivity (Wildman–Crippen MR) is 79.6 cm³/mol. The normalized spacial score (nSPS) is 10.9. The van der Waals surface area contributed by atoms with Crippen LogP contribution in [0.4, 0.5) is 4.39 Å². The van der Waals surface area contributed by atoms with Gasteiger partial charge in [0.1, 0.15) is 11.6 Å². The van der Waals surface area contributed by atoms with Gasteiger partial charge in [-0.2, -0.15) is 0 Å². The summed E-state index contributed by atoms with van der Waals surface area (Å²) in [5.41, 5.74) is 3.88. The molecular weight excluding hydrogens is 309 g/mol. The second-order valence-electron chi connectivity index (χ2n) is 4.79. The average Bonchev–Trinajstić information content (AvgIpc) is 2.88. The smallest absolute Gasteiger partial charge is 0.274 e. The third-order valence-corrected chi connectivity index (χ3v) is 3.52. The van der Waals surface area contributed by atoms with E-state index in [-0.39, 0.29) is 5.02 Å². The Morgan fingerprint density at radius 1 is 1.36 bits per heavy atom. The zero-order valence-corrected chi connectivity index (χ0v) is 12.0. The number of imidazole rings is 1. The second kappa shape index (κ2) is 5.75. The Hall–Kier alpha value is -2.44. The number of fused-ring (bicyclic) bond motifs is 1. The van der Waals surface area contributed by atoms with Gasteiger partial charge in [0.2, 0.25) is 0 Å². The molecule has 0 saturated carbocycles. The van der Waals surface area contributed by atoms with Crippen molar-refractivity contribution in [2.24, 2.45) is 0 Å². The molecule has 0 aliphatic carbocycles. The molecule has 5 nitrogen and oxygen atoms in total. The van der Waals surface area contributed by atoms with Crippen LogP contribution in [0.3, 0.4) is 0 Å². The number of hydroxylamine groups is 1. The number of amides is 1. The average molecular weight is 320 g/mol. The summed E-state index contributed by atoms with van der Waals surface area (Å²) in [5.74, 6) is -0.468. The molecule has 1 aromatic heterocycles. The molecule has 112 valence electrons. The van der Waals surface area contributed by atoms with Crippen LogP contribution in [-0.2, 0) is 6.42 Å². The first-order valence-electron chi connectivity index (χ1n) is 6.44. The van der Waals surface area contributed by atoms with Crippen molar-refractivity contribution in [3.05, 3.63) is 64.2 Å². The monoisotopic (exact) mass is 319 g/mol. The summed E-state index contributed by atoms with van der Waals surface area (Å²) in [7, 11) is 0. The second-order valence-corrected chi connectivity index (χ2v) is 5.19. The van der Waals surface area contributed by atoms with Gasteiger partial charge in [0.15, 0.2) is 0 Å². The van der Waals surface area contributed by atoms with Gasteiger partial charge >= 0.3 is 0 Å². The molecule has 3 N–H and O–H groups in total. The molecule has 0 unspecified atom stereocenters. The van der Waals surface area contributed by atoms with E-state index in [2.05, 4.69) is 9.97 Å². The standard InChI is InChI=1S/C15H11ClFN3O2/c16-10-6-12-13(7-11(10)17)19-14(18-12)5-8-2-1-3-9(4-8)15(21)20-22/h1-4,6-7,22H,5H2,(H,18,19)(H,20,21). The van der Waals surface area contributed by atoms with E-state index in [1.165, 1.54) is 12.1 Å². The van der Waals surface area contributed by atoms with Gasteiger partial charge in [0.05, 0.1) is 16.1 Å². The summed E-state index contributed by atoms with van der Waals surface area (Å²) >= 11 is 5.73. The Labute approximate surface area is 129 Å². The molecular formula is C15H11ClFN3O2. The van der Waals surface area contributed by atoms with Gasteiger partial charge in [-0.3, -0.25) is 10.0 Å². The number of aromatic nitrogens is 2. The number of nitrogens with one attached hydrogen (secondary N) is 2. The number of nitrogens with zero attached hydrogens (tertiary/aromatic N) is 1. The number of carbonyl (C=O) groups is 1. The van der Waals surface area contributed by atoms with Crippen molar-refractivity contribution in [2.75, 3.05) is 0 Å². The van der Waals surface area contributed by atoms with E-state index in [0.29, 0.717) is 28.8 Å². The minimum atomic E-state index is -0.583. The van der Waals surface area contributed by atoms with E-state index < -0.39 is 11.7 Å². The number of rotatable bonds is 3. The first-order valence-corrected chi connectivity index (χ1v) is 6.81. The molecule has 0 radical (unpaired) electrons. The molecule has 1 heterocycles. The van der Waals surface area contributed by atoms with Crippen LogP contribution >= 0.6 is 11.6 Å². The molecule has 22 heavy (non-hydrogen) atoms. The van der Waals surface area contributed by atoms with Crippen LogP contribution in [-0.4, -0.2) is 21.1 Å². The lowest BCUT2D eigenvalue weighted by atomic mass is 10.1. The van der Waals surface area contributed by atoms with Crippen molar-refractivity contribution >= 4 is 28.5 Å². The van der Waals surface area contributed by atoms with Crippen molar-refractivity contribution in [1.82, 2.24) is 15.4 Å². The van der Waals surface area contributed by atoms with Crippen LogP contribution in [0.1, 0.15) is 21.7 Å². The predicted octanol–water partition coefficient (Wildman–Crippen LogP) is 3.07. The number of aromatic amines is 1. The van der Waals surface area contributed by atoms with Crippen LogP contribution < -0.4 is 5.48 Å². The van der Waals surface area contributed by atoms with Gasteiger partial charge in [0.25, 0.3) is 5.91 Å². The molecule has 7 heteroatoms. The zero-order chi connectivity index (χ0) is 15.7. The maximum absolute atomic E-state index is 13.4. The topological polar surface area (TPSA) is 78.0 Å². The molecule has 0 aliphatic rings. The first-order chi connectivity index (χ1) is 10.6. The summed E-state index contributed by atoms with van der Waals surface area (Å²) in [5, 5.41) is 8.67. The molecule has 0 fully saturated rings. The van der Waals surface area contributed by atoms with E-state index in [0.717, 1.165) is 5.56 Å². The minimum absolute atomic E-state index is 0.0205. The lowest BCUT2D eigenvalue weighted by Gasteiger charge is -2.02. The number of hydrogen-bond donors (Lipinski definition) is 3. The van der Waals surface area contributed by atoms with Gasteiger partial charge in [-0.15, -0.1) is 0 Å². The fourth-order valence-corrected chi connectivity index (χ4v) is 2.38. The van der Waals surface area contributed by atoms with E-state index >= 15 is 0 Å². The van der Waals surface area contributed by atoms with E-state index in [1.54, 1.807) is 23.7 Å². The minimum Gasteiger partial charge on any atom is -0.342 e. The highest BCUT2D eigenvalue weighted by atomic mass is 35.5. The molecule has 0 bridgehead atoms. The number of benzene rings is 2. The first kappa shape index (κ1) is 14.5. The fraction of sp³-hybridized carbons (Fsp3) is 0.0667. The van der Waals surface area contributed by atoms with Gasteiger partial charge < -0.3 is 4.98 Å². The Bertz CT molecular complexity index is 824. The third-order valence-electron chi connectivity index (χ3n) is 3.24. The lowest BCUT2D eigenvalue weighted by Crippen LogP contribution is -2.18. The van der Waals surface area contributed by atoms with Gasteiger partial charge in [-0.1, -0.05) is 23.7 Å². The van der Waals surface area contributed by atoms with Crippen molar-refractivity contribution in [3.8, 4) is 0 Å². The maximum atomic E-state index is 13.4. The van der Waals surface area contributed by atoms with Gasteiger partial charge in [-0.05, 0) is 23.8 Å². The summed E-state index contributed by atoms with van der Waals surface area (Å²) < 4.78 is 13.4. The summed E-state index contributed by atoms with van der Waals surface area (Å²) in [6.07, 6.45) is 0.431. The van der Waals surface area contributed by atoms with Crippen LogP contribution in [0.5, 0.6) is 0 Å². The number of carbonyl (C=O) groups excluding carboxylic acids is 1. The van der Waals surface area contributed by atoms with Crippen molar-refractivity contribution in [2.45, 2.75) is 6.42 Å². The van der Waals surface area contributed by atoms with Gasteiger partial charge in [0, 0.05) is 18.1 Å². The largest absolute Gasteiger partial charge is 0.342 e. The quantitative estimate of drug-likeness (QED) is 0.513. The summed E-state index contributed by atoms with van der Waals surface area (Å²) in [4.78, 5) is 18.8. The van der Waals surface area contributed by atoms with Crippen molar-refractivity contribution < 1.29 is 14.4 Å².